The molecule has 0 saturated carbocycles. The van der Waals surface area contributed by atoms with Crippen molar-refractivity contribution in [3.8, 4) is 0 Å². The van der Waals surface area contributed by atoms with E-state index in [1.807, 2.05) is 19.9 Å². The molecule has 0 aromatic rings. The first-order valence-electron chi connectivity index (χ1n) is 2.63. The van der Waals surface area contributed by atoms with E-state index < -0.39 is 0 Å². The van der Waals surface area contributed by atoms with Crippen molar-refractivity contribution in [1.29, 1.82) is 0 Å². The van der Waals surface area contributed by atoms with Crippen LogP contribution in [0.3, 0.4) is 0 Å². The molecule has 0 saturated heterocycles. The van der Waals surface area contributed by atoms with E-state index in [1.54, 1.807) is 0 Å². The Labute approximate surface area is 64.5 Å². The average Bonchev–Trinajstić information content (AvgIpc) is 1.63. The molecule has 9 heavy (non-hydrogen) atoms. The number of ether oxygens (including phenoxy) is 1. The third-order valence-corrected chi connectivity index (χ3v) is 0.969. The van der Waals surface area contributed by atoms with Gasteiger partial charge in [0, 0.05) is 4.86 Å². The molecule has 1 nitrogen and oxygen atoms in total. The molecule has 49 valence electrons. The van der Waals surface area contributed by atoms with Gasteiger partial charge < -0.3 is 4.74 Å². The van der Waals surface area contributed by atoms with Gasteiger partial charge in [-0.1, -0.05) is 12.2 Å². The van der Waals surface area contributed by atoms with E-state index in [-0.39, 0.29) is 0 Å². The van der Waals surface area contributed by atoms with Gasteiger partial charge in [0.05, 0.1) is 22.2 Å². The summed E-state index contributed by atoms with van der Waals surface area (Å²) in [4.78, 5) is 0.840. The number of hydrogen-bond donors (Lipinski definition) is 0. The minimum Gasteiger partial charge on any atom is -0.503 e. The monoisotopic (exact) mass is 157 g/mol. The summed E-state index contributed by atoms with van der Waals surface area (Å²) in [6, 6.07) is 0. The van der Waals surface area contributed by atoms with Crippen LogP contribution in [-0.4, -0.2) is 21.3 Å². The van der Waals surface area contributed by atoms with Crippen LogP contribution in [0.4, 0.5) is 0 Å². The Bertz CT molecular complexity index is 131. The first-order valence-corrected chi connectivity index (χ1v) is 3.74. The predicted octanol–water partition coefficient (Wildman–Crippen LogP) is 1.42. The van der Waals surface area contributed by atoms with Gasteiger partial charge in [-0.15, -0.1) is 0 Å². The molecule has 0 heterocycles. The molecule has 0 atom stereocenters. The molecule has 0 unspecified atom stereocenters. The standard InChI is InChI=1S/C6H9OSSi/c1-5(7-4-9)3-6(2)8/h3H,4H2,1-2H3/b5-3-. The highest BCUT2D eigenvalue weighted by Gasteiger charge is 1.85. The first kappa shape index (κ1) is 8.85. The zero-order valence-corrected chi connectivity index (χ0v) is 7.42. The Morgan fingerprint density at radius 3 is 2.56 bits per heavy atom. The lowest BCUT2D eigenvalue weighted by Crippen LogP contribution is -1.92. The van der Waals surface area contributed by atoms with E-state index in [9.17, 15) is 0 Å². The molecule has 0 N–H and O–H groups in total. The van der Waals surface area contributed by atoms with E-state index in [4.69, 9.17) is 17.0 Å². The van der Waals surface area contributed by atoms with Crippen molar-refractivity contribution in [2.75, 3.05) is 6.23 Å². The van der Waals surface area contributed by atoms with Crippen LogP contribution in [0.2, 0.25) is 0 Å². The summed E-state index contributed by atoms with van der Waals surface area (Å²) >= 11 is 4.81. The van der Waals surface area contributed by atoms with Crippen LogP contribution in [0, 0.1) is 0 Å². The zero-order chi connectivity index (χ0) is 7.28. The molecule has 0 rings (SSSR count). The topological polar surface area (TPSA) is 9.23 Å². The minimum atomic E-state index is 0.519. The summed E-state index contributed by atoms with van der Waals surface area (Å²) in [5, 5.41) is 0. The molecule has 3 heteroatoms. The van der Waals surface area contributed by atoms with Gasteiger partial charge in [0.2, 0.25) is 0 Å². The zero-order valence-electron chi connectivity index (χ0n) is 5.60. The Hall–Kier alpha value is -0.153. The largest absolute Gasteiger partial charge is 0.503 e. The Balaban J connectivity index is 3.69. The molecule has 0 amide bonds. The normalized spacial score (nSPS) is 11.2. The molecule has 0 aliphatic heterocycles. The molecule has 0 bridgehead atoms. The van der Waals surface area contributed by atoms with Crippen LogP contribution in [0.1, 0.15) is 13.8 Å². The van der Waals surface area contributed by atoms with Gasteiger partial charge >= 0.3 is 0 Å². The van der Waals surface area contributed by atoms with E-state index in [2.05, 4.69) is 10.2 Å². The predicted molar refractivity (Wildman–Crippen MR) is 43.7 cm³/mol. The first-order chi connectivity index (χ1) is 4.16. The highest BCUT2D eigenvalue weighted by molar-refractivity contribution is 7.80. The second kappa shape index (κ2) is 4.70. The molecular weight excluding hydrogens is 148 g/mol. The minimum absolute atomic E-state index is 0.519. The van der Waals surface area contributed by atoms with Crippen molar-refractivity contribution in [2.24, 2.45) is 0 Å². The number of rotatable bonds is 3. The third kappa shape index (κ3) is 5.72. The summed E-state index contributed by atoms with van der Waals surface area (Å²) in [6.07, 6.45) is 2.33. The fourth-order valence-corrected chi connectivity index (χ4v) is 0.835. The molecule has 0 spiro atoms. The average molecular weight is 157 g/mol. The van der Waals surface area contributed by atoms with Crippen molar-refractivity contribution < 1.29 is 4.74 Å². The molecule has 0 fully saturated rings. The van der Waals surface area contributed by atoms with Gasteiger partial charge in [-0.2, -0.15) is 0 Å². The fourth-order valence-electron chi connectivity index (χ4n) is 0.442. The maximum Gasteiger partial charge on any atom is 0.0934 e. The maximum absolute atomic E-state index is 5.04. The molecular formula is C6H9OSSi. The van der Waals surface area contributed by atoms with E-state index >= 15 is 0 Å². The molecule has 0 aromatic carbocycles. The van der Waals surface area contributed by atoms with Gasteiger partial charge in [0.1, 0.15) is 0 Å². The van der Waals surface area contributed by atoms with Crippen molar-refractivity contribution in [1.82, 2.24) is 0 Å². The summed E-state index contributed by atoms with van der Waals surface area (Å²) in [6.45, 7) is 3.73. The smallest absolute Gasteiger partial charge is 0.0934 e. The van der Waals surface area contributed by atoms with E-state index in [1.165, 1.54) is 0 Å². The van der Waals surface area contributed by atoms with E-state index in [0.29, 0.717) is 6.23 Å². The second-order valence-corrected chi connectivity index (χ2v) is 2.59. The van der Waals surface area contributed by atoms with Crippen LogP contribution in [0.15, 0.2) is 11.8 Å². The van der Waals surface area contributed by atoms with Gasteiger partial charge in [-0.05, 0) is 19.9 Å². The van der Waals surface area contributed by atoms with Crippen LogP contribution in [0.5, 0.6) is 0 Å². The van der Waals surface area contributed by atoms with Gasteiger partial charge in [-0.3, -0.25) is 0 Å². The fraction of sp³-hybridized carbons (Fsp3) is 0.500. The van der Waals surface area contributed by atoms with Gasteiger partial charge in [0.15, 0.2) is 0 Å². The van der Waals surface area contributed by atoms with Crippen molar-refractivity contribution in [2.45, 2.75) is 13.8 Å². The molecule has 0 aliphatic carbocycles. The lowest BCUT2D eigenvalue weighted by molar-refractivity contribution is 0.271. The molecule has 0 aliphatic rings. The molecule has 3 radical (unpaired) electrons. The highest BCUT2D eigenvalue weighted by atomic mass is 32.1. The maximum atomic E-state index is 5.04. The summed E-state index contributed by atoms with van der Waals surface area (Å²) in [7, 11) is 3.18. The Morgan fingerprint density at radius 1 is 1.67 bits per heavy atom. The Morgan fingerprint density at radius 2 is 2.22 bits per heavy atom. The number of allylic oxidation sites excluding steroid dienone is 2. The van der Waals surface area contributed by atoms with Gasteiger partial charge in [0.25, 0.3) is 0 Å². The van der Waals surface area contributed by atoms with Crippen LogP contribution in [-0.2, 0) is 4.74 Å². The number of thiocarbonyl (C=S) groups is 1. The number of hydrogen-bond acceptors (Lipinski definition) is 2. The van der Waals surface area contributed by atoms with Crippen molar-refractivity contribution >= 4 is 27.3 Å². The quantitative estimate of drug-likeness (QED) is 0.265. The van der Waals surface area contributed by atoms with Crippen molar-refractivity contribution in [3.05, 3.63) is 11.8 Å². The highest BCUT2D eigenvalue weighted by Crippen LogP contribution is 1.94. The van der Waals surface area contributed by atoms with Gasteiger partial charge in [-0.25, -0.2) is 0 Å². The van der Waals surface area contributed by atoms with Crippen molar-refractivity contribution in [3.63, 3.8) is 0 Å². The SMILES string of the molecule is CC(=S)/C=C(/C)OC[Si]. The summed E-state index contributed by atoms with van der Waals surface area (Å²) in [5.74, 6) is 0.845. The lowest BCUT2D eigenvalue weighted by Gasteiger charge is -1.99. The van der Waals surface area contributed by atoms with Crippen LogP contribution in [0.25, 0.3) is 0 Å². The summed E-state index contributed by atoms with van der Waals surface area (Å²) < 4.78 is 5.04. The van der Waals surface area contributed by atoms with Crippen LogP contribution >= 0.6 is 12.2 Å². The lowest BCUT2D eigenvalue weighted by atomic mass is 10.4. The van der Waals surface area contributed by atoms with Crippen LogP contribution < -0.4 is 0 Å². The summed E-state index contributed by atoms with van der Waals surface area (Å²) in [5.41, 5.74) is 0. The molecule has 0 aromatic heterocycles. The Kier molecular flexibility index (Phi) is 4.62. The second-order valence-electron chi connectivity index (χ2n) is 1.65. The third-order valence-electron chi connectivity index (χ3n) is 0.706. The van der Waals surface area contributed by atoms with E-state index in [0.717, 1.165) is 10.6 Å².